The SMILES string of the molecule is CCCC(=O)N1CCC(n2c(=O)oc3ccc(C(=O)OC)cc32)CC1. The molecule has 2 aromatic rings. The molecule has 0 spiro atoms. The van der Waals surface area contributed by atoms with Crippen LogP contribution in [0.5, 0.6) is 0 Å². The predicted octanol–water partition coefficient (Wildman–Crippen LogP) is 2.34. The number of methoxy groups -OCH3 is 1. The van der Waals surface area contributed by atoms with E-state index in [1.54, 1.807) is 22.8 Å². The second-order valence-electron chi connectivity index (χ2n) is 6.27. The van der Waals surface area contributed by atoms with Crippen LogP contribution in [-0.4, -0.2) is 41.5 Å². The van der Waals surface area contributed by atoms with Crippen molar-refractivity contribution in [2.45, 2.75) is 38.6 Å². The fourth-order valence-electron chi connectivity index (χ4n) is 3.37. The standard InChI is InChI=1S/C18H22N2O5/c1-3-4-16(21)19-9-7-13(8-10-19)20-14-11-12(17(22)24-2)5-6-15(14)25-18(20)23/h5-6,11,13H,3-4,7-10H2,1-2H3. The van der Waals surface area contributed by atoms with Crippen molar-refractivity contribution in [3.8, 4) is 0 Å². The summed E-state index contributed by atoms with van der Waals surface area (Å²) in [6.07, 6.45) is 2.77. The quantitative estimate of drug-likeness (QED) is 0.794. The summed E-state index contributed by atoms with van der Waals surface area (Å²) in [7, 11) is 1.32. The second kappa shape index (κ2) is 7.13. The van der Waals surface area contributed by atoms with Crippen molar-refractivity contribution in [1.29, 1.82) is 0 Å². The van der Waals surface area contributed by atoms with Crippen LogP contribution in [0, 0.1) is 0 Å². The molecule has 0 unspecified atom stereocenters. The van der Waals surface area contributed by atoms with E-state index in [1.807, 2.05) is 11.8 Å². The van der Waals surface area contributed by atoms with E-state index in [0.717, 1.165) is 6.42 Å². The van der Waals surface area contributed by atoms with Crippen LogP contribution in [0.25, 0.3) is 11.1 Å². The Morgan fingerprint density at radius 2 is 2.00 bits per heavy atom. The van der Waals surface area contributed by atoms with Gasteiger partial charge in [0.05, 0.1) is 18.2 Å². The first-order chi connectivity index (χ1) is 12.0. The monoisotopic (exact) mass is 346 g/mol. The fourth-order valence-corrected chi connectivity index (χ4v) is 3.37. The number of piperidine rings is 1. The van der Waals surface area contributed by atoms with Crippen LogP contribution in [0.4, 0.5) is 0 Å². The van der Waals surface area contributed by atoms with Gasteiger partial charge < -0.3 is 14.1 Å². The number of carbonyl (C=O) groups is 2. The molecule has 0 aliphatic carbocycles. The number of esters is 1. The largest absolute Gasteiger partial charge is 0.465 e. The van der Waals surface area contributed by atoms with Crippen LogP contribution in [-0.2, 0) is 9.53 Å². The molecule has 1 aliphatic heterocycles. The molecule has 1 aromatic carbocycles. The van der Waals surface area contributed by atoms with Crippen molar-refractivity contribution >= 4 is 23.0 Å². The normalized spacial score (nSPS) is 15.5. The summed E-state index contributed by atoms with van der Waals surface area (Å²) >= 11 is 0. The first-order valence-corrected chi connectivity index (χ1v) is 8.56. The minimum Gasteiger partial charge on any atom is -0.465 e. The van der Waals surface area contributed by atoms with Gasteiger partial charge in [0.15, 0.2) is 5.58 Å². The van der Waals surface area contributed by atoms with Crippen molar-refractivity contribution in [3.05, 3.63) is 34.3 Å². The van der Waals surface area contributed by atoms with E-state index in [-0.39, 0.29) is 11.9 Å². The lowest BCUT2D eigenvalue weighted by atomic mass is 10.0. The molecule has 0 atom stereocenters. The van der Waals surface area contributed by atoms with Crippen LogP contribution in [0.2, 0.25) is 0 Å². The maximum absolute atomic E-state index is 12.3. The van der Waals surface area contributed by atoms with Crippen LogP contribution >= 0.6 is 0 Å². The zero-order chi connectivity index (χ0) is 18.0. The Kier molecular flexibility index (Phi) is 4.92. The Labute approximate surface area is 145 Å². The molecule has 2 heterocycles. The molecule has 25 heavy (non-hydrogen) atoms. The van der Waals surface area contributed by atoms with Gasteiger partial charge in [-0.2, -0.15) is 0 Å². The van der Waals surface area contributed by atoms with Gasteiger partial charge in [-0.15, -0.1) is 0 Å². The van der Waals surface area contributed by atoms with Gasteiger partial charge in [-0.05, 0) is 37.5 Å². The van der Waals surface area contributed by atoms with E-state index in [2.05, 4.69) is 0 Å². The van der Waals surface area contributed by atoms with Crippen LogP contribution in [0.1, 0.15) is 49.0 Å². The average molecular weight is 346 g/mol. The maximum atomic E-state index is 12.3. The number of likely N-dealkylation sites (tertiary alicyclic amines) is 1. The lowest BCUT2D eigenvalue weighted by Gasteiger charge is -2.32. The summed E-state index contributed by atoms with van der Waals surface area (Å²) in [4.78, 5) is 37.9. The lowest BCUT2D eigenvalue weighted by molar-refractivity contribution is -0.132. The molecule has 7 nitrogen and oxygen atoms in total. The van der Waals surface area contributed by atoms with E-state index >= 15 is 0 Å². The Balaban J connectivity index is 1.86. The number of rotatable bonds is 4. The Morgan fingerprint density at radius 1 is 1.28 bits per heavy atom. The highest BCUT2D eigenvalue weighted by atomic mass is 16.5. The molecule has 134 valence electrons. The van der Waals surface area contributed by atoms with Crippen molar-refractivity contribution in [3.63, 3.8) is 0 Å². The number of carbonyl (C=O) groups excluding carboxylic acids is 2. The number of benzene rings is 1. The molecular formula is C18H22N2O5. The Bertz CT molecular complexity index is 843. The second-order valence-corrected chi connectivity index (χ2v) is 6.27. The van der Waals surface area contributed by atoms with Crippen LogP contribution in [0.3, 0.4) is 0 Å². The van der Waals surface area contributed by atoms with E-state index < -0.39 is 11.7 Å². The third-order valence-corrected chi connectivity index (χ3v) is 4.68. The van der Waals surface area contributed by atoms with Crippen molar-refractivity contribution in [2.24, 2.45) is 0 Å². The number of oxazole rings is 1. The topological polar surface area (TPSA) is 81.8 Å². The minimum atomic E-state index is -0.456. The summed E-state index contributed by atoms with van der Waals surface area (Å²) in [6, 6.07) is 4.76. The summed E-state index contributed by atoms with van der Waals surface area (Å²) in [6.45, 7) is 3.24. The van der Waals surface area contributed by atoms with Gasteiger partial charge in [0.1, 0.15) is 0 Å². The first-order valence-electron chi connectivity index (χ1n) is 8.56. The van der Waals surface area contributed by atoms with Gasteiger partial charge in [-0.25, -0.2) is 9.59 Å². The van der Waals surface area contributed by atoms with E-state index in [4.69, 9.17) is 9.15 Å². The molecule has 1 saturated heterocycles. The van der Waals surface area contributed by atoms with Gasteiger partial charge in [-0.3, -0.25) is 9.36 Å². The number of nitrogens with zero attached hydrogens (tertiary/aromatic N) is 2. The molecule has 3 rings (SSSR count). The molecule has 1 aliphatic rings. The highest BCUT2D eigenvalue weighted by molar-refractivity contribution is 5.93. The molecule has 0 radical (unpaired) electrons. The zero-order valence-corrected chi connectivity index (χ0v) is 14.5. The molecule has 1 aromatic heterocycles. The number of hydrogen-bond donors (Lipinski definition) is 0. The molecular weight excluding hydrogens is 324 g/mol. The molecule has 7 heteroatoms. The summed E-state index contributed by atoms with van der Waals surface area (Å²) in [5.74, 6) is -0.726. The van der Waals surface area contributed by atoms with E-state index in [0.29, 0.717) is 49.0 Å². The van der Waals surface area contributed by atoms with E-state index in [9.17, 15) is 14.4 Å². The number of ether oxygens (including phenoxy) is 1. The Hall–Kier alpha value is -2.57. The molecule has 1 fully saturated rings. The summed E-state index contributed by atoms with van der Waals surface area (Å²) < 4.78 is 11.6. The number of aromatic nitrogens is 1. The van der Waals surface area contributed by atoms with Gasteiger partial charge in [0.2, 0.25) is 5.91 Å². The van der Waals surface area contributed by atoms with Crippen LogP contribution in [0.15, 0.2) is 27.4 Å². The van der Waals surface area contributed by atoms with Crippen molar-refractivity contribution in [2.75, 3.05) is 20.2 Å². The smallest absolute Gasteiger partial charge is 0.420 e. The maximum Gasteiger partial charge on any atom is 0.420 e. The summed E-state index contributed by atoms with van der Waals surface area (Å²) in [5, 5.41) is 0. The first kappa shape index (κ1) is 17.3. The zero-order valence-electron chi connectivity index (χ0n) is 14.5. The number of fused-ring (bicyclic) bond motifs is 1. The molecule has 0 N–H and O–H groups in total. The van der Waals surface area contributed by atoms with Crippen LogP contribution < -0.4 is 5.76 Å². The van der Waals surface area contributed by atoms with Crippen molar-refractivity contribution in [1.82, 2.24) is 9.47 Å². The third-order valence-electron chi connectivity index (χ3n) is 4.68. The summed E-state index contributed by atoms with van der Waals surface area (Å²) in [5.41, 5.74) is 1.41. The minimum absolute atomic E-state index is 0.0488. The third kappa shape index (κ3) is 3.31. The molecule has 0 bridgehead atoms. The average Bonchev–Trinajstić information content (AvgIpc) is 2.96. The highest BCUT2D eigenvalue weighted by Crippen LogP contribution is 2.26. The fraction of sp³-hybridized carbons (Fsp3) is 0.500. The number of hydrogen-bond acceptors (Lipinski definition) is 5. The Morgan fingerprint density at radius 3 is 2.64 bits per heavy atom. The van der Waals surface area contributed by atoms with Gasteiger partial charge in [0.25, 0.3) is 0 Å². The molecule has 1 amide bonds. The number of amides is 1. The highest BCUT2D eigenvalue weighted by Gasteiger charge is 2.26. The molecule has 0 saturated carbocycles. The van der Waals surface area contributed by atoms with Gasteiger partial charge >= 0.3 is 11.7 Å². The van der Waals surface area contributed by atoms with Gasteiger partial charge in [-0.1, -0.05) is 6.92 Å². The lowest BCUT2D eigenvalue weighted by Crippen LogP contribution is -2.40. The van der Waals surface area contributed by atoms with Crippen molar-refractivity contribution < 1.29 is 18.7 Å². The predicted molar refractivity (Wildman–Crippen MR) is 91.6 cm³/mol. The van der Waals surface area contributed by atoms with E-state index in [1.165, 1.54) is 7.11 Å². The van der Waals surface area contributed by atoms with Gasteiger partial charge in [0, 0.05) is 25.6 Å².